The molecule has 2 nitrogen and oxygen atoms in total. The number of carboxylic acids is 1. The lowest BCUT2D eigenvalue weighted by atomic mass is 10.2. The van der Waals surface area contributed by atoms with Crippen LogP contribution >= 0.6 is 0 Å². The van der Waals surface area contributed by atoms with Crippen LogP contribution in [-0.2, 0) is 4.79 Å². The van der Waals surface area contributed by atoms with Crippen LogP contribution in [0.15, 0.2) is 36.4 Å². The van der Waals surface area contributed by atoms with Crippen LogP contribution in [0.3, 0.4) is 0 Å². The first kappa shape index (κ1) is 7.54. The molecule has 0 saturated carbocycles. The van der Waals surface area contributed by atoms with E-state index in [2.05, 4.69) is 0 Å². The number of aliphatic carboxylic acids is 1. The lowest BCUT2D eigenvalue weighted by molar-refractivity contribution is -0.131. The van der Waals surface area contributed by atoms with Gasteiger partial charge in [0.2, 0.25) is 0 Å². The predicted molar refractivity (Wildman–Crippen MR) is 43.1 cm³/mol. The zero-order chi connectivity index (χ0) is 8.10. The first-order valence-corrected chi connectivity index (χ1v) is 3.25. The van der Waals surface area contributed by atoms with Crippen LogP contribution in [-0.4, -0.2) is 11.1 Å². The number of hydrogen-bond acceptors (Lipinski definition) is 1. The molecule has 2 heteroatoms. The van der Waals surface area contributed by atoms with Crippen molar-refractivity contribution >= 4 is 12.0 Å². The molecule has 1 N–H and O–H groups in total. The molecule has 1 aromatic carbocycles. The third-order valence-corrected chi connectivity index (χ3v) is 1.22. The van der Waals surface area contributed by atoms with Crippen molar-refractivity contribution in [2.45, 2.75) is 0 Å². The van der Waals surface area contributed by atoms with E-state index in [4.69, 9.17) is 5.11 Å². The Hall–Kier alpha value is -1.57. The number of rotatable bonds is 2. The summed E-state index contributed by atoms with van der Waals surface area (Å²) < 4.78 is 0. The van der Waals surface area contributed by atoms with Crippen LogP contribution in [0.4, 0.5) is 0 Å². The maximum atomic E-state index is 10.1. The molecule has 11 heavy (non-hydrogen) atoms. The van der Waals surface area contributed by atoms with Gasteiger partial charge in [-0.15, -0.1) is 0 Å². The molecule has 0 fully saturated rings. The normalized spacial score (nSPS) is 10.2. The van der Waals surface area contributed by atoms with Gasteiger partial charge in [0.05, 0.1) is 0 Å². The first-order valence-electron chi connectivity index (χ1n) is 3.25. The zero-order valence-electron chi connectivity index (χ0n) is 5.90. The van der Waals surface area contributed by atoms with Crippen LogP contribution in [0, 0.1) is 0 Å². The van der Waals surface area contributed by atoms with Crippen molar-refractivity contribution in [3.05, 3.63) is 42.0 Å². The van der Waals surface area contributed by atoms with Crippen LogP contribution in [0.2, 0.25) is 0 Å². The lowest BCUT2D eigenvalue weighted by Gasteiger charge is -1.87. The molecule has 56 valence electrons. The van der Waals surface area contributed by atoms with Crippen molar-refractivity contribution in [1.29, 1.82) is 0 Å². The van der Waals surface area contributed by atoms with Gasteiger partial charge in [-0.1, -0.05) is 30.3 Å². The van der Waals surface area contributed by atoms with Gasteiger partial charge in [0.25, 0.3) is 0 Å². The molecule has 0 aromatic heterocycles. The molecular weight excluding hydrogens is 141 g/mol. The zero-order valence-corrected chi connectivity index (χ0v) is 5.90. The van der Waals surface area contributed by atoms with E-state index in [1.165, 1.54) is 0 Å². The molecule has 1 aromatic rings. The van der Waals surface area contributed by atoms with Crippen molar-refractivity contribution in [2.24, 2.45) is 0 Å². The highest BCUT2D eigenvalue weighted by Crippen LogP contribution is 1.99. The summed E-state index contributed by atoms with van der Waals surface area (Å²) in [4.78, 5) is 10.1. The Morgan fingerprint density at radius 2 is 1.91 bits per heavy atom. The monoisotopic (exact) mass is 149 g/mol. The van der Waals surface area contributed by atoms with Gasteiger partial charge in [-0.05, 0) is 11.6 Å². The largest absolute Gasteiger partial charge is 0.478 e. The van der Waals surface area contributed by atoms with E-state index in [0.29, 0.717) is 0 Å². The average Bonchev–Trinajstić information content (AvgIpc) is 2.03. The van der Waals surface area contributed by atoms with E-state index >= 15 is 0 Å². The molecule has 0 radical (unpaired) electrons. The molecule has 0 aliphatic carbocycles. The van der Waals surface area contributed by atoms with Crippen LogP contribution in [0.5, 0.6) is 0 Å². The Labute approximate surface area is 64.8 Å². The van der Waals surface area contributed by atoms with Crippen molar-refractivity contribution in [2.75, 3.05) is 0 Å². The van der Waals surface area contributed by atoms with E-state index in [1.54, 1.807) is 6.08 Å². The van der Waals surface area contributed by atoms with Crippen molar-refractivity contribution in [3.8, 4) is 0 Å². The number of benzene rings is 1. The summed E-state index contributed by atoms with van der Waals surface area (Å²) >= 11 is 0. The molecule has 0 saturated heterocycles. The molecule has 1 rings (SSSR count). The fourth-order valence-corrected chi connectivity index (χ4v) is 0.732. The molecule has 0 unspecified atom stereocenters. The molecule has 0 heterocycles. The van der Waals surface area contributed by atoms with E-state index in [-0.39, 0.29) is 0 Å². The second-order valence-corrected chi connectivity index (χ2v) is 2.08. The maximum Gasteiger partial charge on any atom is 0.328 e. The average molecular weight is 149 g/mol. The molecule has 0 atom stereocenters. The van der Waals surface area contributed by atoms with Crippen LogP contribution in [0.1, 0.15) is 5.56 Å². The fraction of sp³-hybridized carbons (Fsp3) is 0. The van der Waals surface area contributed by atoms with Gasteiger partial charge in [-0.2, -0.15) is 0 Å². The topological polar surface area (TPSA) is 37.3 Å². The number of carbonyl (C=O) groups is 1. The molecule has 0 spiro atoms. The summed E-state index contributed by atoms with van der Waals surface area (Å²) in [5, 5.41) is 8.29. The highest BCUT2D eigenvalue weighted by atomic mass is 16.4. The minimum Gasteiger partial charge on any atom is -0.478 e. The summed E-state index contributed by atoms with van der Waals surface area (Å²) in [6.45, 7) is 0. The van der Waals surface area contributed by atoms with E-state index in [0.717, 1.165) is 11.6 Å². The van der Waals surface area contributed by atoms with E-state index in [1.807, 2.05) is 30.3 Å². The van der Waals surface area contributed by atoms with Crippen molar-refractivity contribution < 1.29 is 9.90 Å². The van der Waals surface area contributed by atoms with Crippen molar-refractivity contribution in [3.63, 3.8) is 0 Å². The lowest BCUT2D eigenvalue weighted by Crippen LogP contribution is -1.85. The van der Waals surface area contributed by atoms with Crippen molar-refractivity contribution in [1.82, 2.24) is 0 Å². The standard InChI is InChI=1S/C9H8O2/c10-9(11)7-6-8-4-2-1-3-5-8/h1-7H,(H,10,11)/b7-6-/i7+1. The molecule has 0 amide bonds. The Balaban J connectivity index is 2.72. The summed E-state index contributed by atoms with van der Waals surface area (Å²) in [6.07, 6.45) is 2.68. The Bertz CT molecular complexity index is 262. The summed E-state index contributed by atoms with van der Waals surface area (Å²) in [7, 11) is 0. The summed E-state index contributed by atoms with van der Waals surface area (Å²) in [5.41, 5.74) is 0.898. The quantitative estimate of drug-likeness (QED) is 0.514. The van der Waals surface area contributed by atoms with Crippen LogP contribution in [0.25, 0.3) is 6.08 Å². The predicted octanol–water partition coefficient (Wildman–Crippen LogP) is 1.78. The first-order chi connectivity index (χ1) is 5.29. The highest BCUT2D eigenvalue weighted by Gasteiger charge is 1.85. The minimum absolute atomic E-state index is 0.898. The van der Waals surface area contributed by atoms with Gasteiger partial charge >= 0.3 is 5.97 Å². The molecule has 0 aliphatic rings. The van der Waals surface area contributed by atoms with Crippen LogP contribution < -0.4 is 0 Å². The van der Waals surface area contributed by atoms with E-state index < -0.39 is 5.97 Å². The van der Waals surface area contributed by atoms with Gasteiger partial charge in [0.15, 0.2) is 0 Å². The van der Waals surface area contributed by atoms with E-state index in [9.17, 15) is 4.79 Å². The summed E-state index contributed by atoms with van der Waals surface area (Å²) in [5.74, 6) is -0.922. The van der Waals surface area contributed by atoms with Gasteiger partial charge in [-0.3, -0.25) is 0 Å². The van der Waals surface area contributed by atoms with Gasteiger partial charge in [0, 0.05) is 6.08 Å². The molecule has 0 bridgehead atoms. The van der Waals surface area contributed by atoms with Gasteiger partial charge in [-0.25, -0.2) is 4.79 Å². The second kappa shape index (κ2) is 3.56. The smallest absolute Gasteiger partial charge is 0.328 e. The Morgan fingerprint density at radius 1 is 1.27 bits per heavy atom. The Morgan fingerprint density at radius 3 is 2.45 bits per heavy atom. The fourth-order valence-electron chi connectivity index (χ4n) is 0.732. The molecule has 0 aliphatic heterocycles. The third kappa shape index (κ3) is 2.67. The summed E-state index contributed by atoms with van der Waals surface area (Å²) in [6, 6.07) is 9.31. The second-order valence-electron chi connectivity index (χ2n) is 2.08. The minimum atomic E-state index is -0.922. The Kier molecular flexibility index (Phi) is 2.44. The number of carboxylic acid groups (broad SMARTS) is 1. The van der Waals surface area contributed by atoms with Gasteiger partial charge < -0.3 is 5.11 Å². The maximum absolute atomic E-state index is 10.1. The highest BCUT2D eigenvalue weighted by molar-refractivity contribution is 5.85. The van der Waals surface area contributed by atoms with Gasteiger partial charge in [0.1, 0.15) is 0 Å². The number of hydrogen-bond donors (Lipinski definition) is 1. The molecular formula is C9H8O2. The third-order valence-electron chi connectivity index (χ3n) is 1.22. The SMILES string of the molecule is O=C(O)/[13CH]=C\c1ccccc1.